The summed E-state index contributed by atoms with van der Waals surface area (Å²) in [6.07, 6.45) is 4.07. The molecule has 0 spiro atoms. The number of nitrogens with one attached hydrogen (secondary N) is 1. The van der Waals surface area contributed by atoms with Crippen molar-refractivity contribution in [3.8, 4) is 0 Å². The summed E-state index contributed by atoms with van der Waals surface area (Å²) in [5.74, 6) is 0.307. The Morgan fingerprint density at radius 2 is 2.35 bits per heavy atom. The van der Waals surface area contributed by atoms with E-state index in [9.17, 15) is 4.79 Å². The van der Waals surface area contributed by atoms with Crippen LogP contribution in [0.3, 0.4) is 0 Å². The molecule has 1 aromatic heterocycles. The van der Waals surface area contributed by atoms with E-state index in [4.69, 9.17) is 12.2 Å². The van der Waals surface area contributed by atoms with Gasteiger partial charge in [0, 0.05) is 24.7 Å². The lowest BCUT2D eigenvalue weighted by Crippen LogP contribution is -2.25. The van der Waals surface area contributed by atoms with Crippen molar-refractivity contribution < 1.29 is 4.79 Å². The van der Waals surface area contributed by atoms with Crippen LogP contribution in [0, 0.1) is 0 Å². The quantitative estimate of drug-likeness (QED) is 0.864. The van der Waals surface area contributed by atoms with Gasteiger partial charge in [0.2, 0.25) is 5.91 Å². The van der Waals surface area contributed by atoms with Gasteiger partial charge in [0.15, 0.2) is 5.13 Å². The number of thioether (sulfide) groups is 1. The van der Waals surface area contributed by atoms with Crippen LogP contribution in [-0.4, -0.2) is 39.0 Å². The molecular weight excluding hydrogens is 274 g/mol. The zero-order chi connectivity index (χ0) is 12.1. The molecule has 0 bridgehead atoms. The molecular formula is C10H13N3OS3. The molecule has 1 N–H and O–H groups in total. The maximum Gasteiger partial charge on any atom is 0.236 e. The number of amides is 1. The number of carbonyl (C=O) groups excluding carboxylic acids is 1. The van der Waals surface area contributed by atoms with Crippen LogP contribution in [-0.2, 0) is 4.79 Å². The monoisotopic (exact) mass is 287 g/mol. The summed E-state index contributed by atoms with van der Waals surface area (Å²) in [5.41, 5.74) is 0. The third-order valence-corrected chi connectivity index (χ3v) is 4.58. The van der Waals surface area contributed by atoms with Gasteiger partial charge in [-0.25, -0.2) is 4.98 Å². The first-order valence-electron chi connectivity index (χ1n) is 5.37. The smallest absolute Gasteiger partial charge is 0.236 e. The maximum atomic E-state index is 11.6. The van der Waals surface area contributed by atoms with Crippen LogP contribution >= 0.6 is 35.3 Å². The maximum absolute atomic E-state index is 11.6. The van der Waals surface area contributed by atoms with Crippen molar-refractivity contribution in [2.45, 2.75) is 12.8 Å². The second-order valence-corrected chi connectivity index (χ2v) is 6.14. The van der Waals surface area contributed by atoms with E-state index in [2.05, 4.69) is 15.2 Å². The van der Waals surface area contributed by atoms with Crippen molar-refractivity contribution in [3.63, 3.8) is 0 Å². The molecule has 17 heavy (non-hydrogen) atoms. The Kier molecular flexibility index (Phi) is 4.75. The van der Waals surface area contributed by atoms with Gasteiger partial charge in [-0.05, 0) is 12.8 Å². The third-order valence-electron chi connectivity index (χ3n) is 2.37. The summed E-state index contributed by atoms with van der Waals surface area (Å²) in [6, 6.07) is 0. The van der Waals surface area contributed by atoms with Crippen molar-refractivity contribution in [3.05, 3.63) is 11.6 Å². The number of likely N-dealkylation sites (tertiary alicyclic amines) is 1. The van der Waals surface area contributed by atoms with Gasteiger partial charge in [0.05, 0.1) is 5.75 Å². The first kappa shape index (κ1) is 12.8. The van der Waals surface area contributed by atoms with Gasteiger partial charge < -0.3 is 10.2 Å². The minimum Gasteiger partial charge on any atom is -0.358 e. The molecule has 0 unspecified atom stereocenters. The predicted molar refractivity (Wildman–Crippen MR) is 76.6 cm³/mol. The number of hydrogen-bond donors (Lipinski definition) is 1. The molecule has 1 fully saturated rings. The first-order chi connectivity index (χ1) is 8.25. The SMILES string of the molecule is O=C(CSC(=S)N1CCCC1)Nc1nccs1. The van der Waals surface area contributed by atoms with Crippen molar-refractivity contribution in [1.82, 2.24) is 9.88 Å². The fourth-order valence-corrected chi connectivity index (χ4v) is 3.16. The van der Waals surface area contributed by atoms with Gasteiger partial charge in [0.1, 0.15) is 4.32 Å². The Morgan fingerprint density at radius 3 is 3.00 bits per heavy atom. The molecule has 4 nitrogen and oxygen atoms in total. The minimum absolute atomic E-state index is 0.0495. The number of anilines is 1. The number of hydrogen-bond acceptors (Lipinski definition) is 5. The van der Waals surface area contributed by atoms with E-state index in [0.717, 1.165) is 17.4 Å². The Labute approximate surface area is 114 Å². The Morgan fingerprint density at radius 1 is 1.59 bits per heavy atom. The van der Waals surface area contributed by atoms with Crippen LogP contribution in [0.25, 0.3) is 0 Å². The summed E-state index contributed by atoms with van der Waals surface area (Å²) >= 11 is 8.12. The van der Waals surface area contributed by atoms with Gasteiger partial charge in [-0.3, -0.25) is 4.79 Å². The molecule has 0 aliphatic carbocycles. The van der Waals surface area contributed by atoms with Gasteiger partial charge >= 0.3 is 0 Å². The number of carbonyl (C=O) groups is 1. The highest BCUT2D eigenvalue weighted by Gasteiger charge is 2.16. The lowest BCUT2D eigenvalue weighted by atomic mass is 10.4. The van der Waals surface area contributed by atoms with E-state index in [1.807, 2.05) is 5.38 Å². The van der Waals surface area contributed by atoms with Crippen molar-refractivity contribution >= 4 is 50.7 Å². The topological polar surface area (TPSA) is 45.2 Å². The Bertz CT molecular complexity index is 388. The van der Waals surface area contributed by atoms with E-state index < -0.39 is 0 Å². The van der Waals surface area contributed by atoms with Crippen LogP contribution in [0.2, 0.25) is 0 Å². The first-order valence-corrected chi connectivity index (χ1v) is 7.64. The predicted octanol–water partition coefficient (Wildman–Crippen LogP) is 2.20. The molecule has 1 aliphatic rings. The summed E-state index contributed by atoms with van der Waals surface area (Å²) in [6.45, 7) is 2.06. The van der Waals surface area contributed by atoms with Crippen LogP contribution in [0.1, 0.15) is 12.8 Å². The van der Waals surface area contributed by atoms with E-state index >= 15 is 0 Å². The molecule has 0 saturated carbocycles. The van der Waals surface area contributed by atoms with E-state index in [1.165, 1.54) is 35.9 Å². The lowest BCUT2D eigenvalue weighted by Gasteiger charge is -2.17. The number of nitrogens with zero attached hydrogens (tertiary/aromatic N) is 2. The van der Waals surface area contributed by atoms with Gasteiger partial charge in [-0.1, -0.05) is 24.0 Å². The number of thiocarbonyl (C=S) groups is 1. The molecule has 1 amide bonds. The van der Waals surface area contributed by atoms with Gasteiger partial charge in [-0.2, -0.15) is 0 Å². The molecule has 1 saturated heterocycles. The summed E-state index contributed by atoms with van der Waals surface area (Å²) in [4.78, 5) is 17.7. The molecule has 92 valence electrons. The average Bonchev–Trinajstić information content (AvgIpc) is 2.97. The number of thiazole rings is 1. The highest BCUT2D eigenvalue weighted by molar-refractivity contribution is 8.23. The largest absolute Gasteiger partial charge is 0.358 e. The lowest BCUT2D eigenvalue weighted by molar-refractivity contribution is -0.113. The molecule has 0 aromatic carbocycles. The summed E-state index contributed by atoms with van der Waals surface area (Å²) < 4.78 is 0.830. The normalized spacial score (nSPS) is 14.9. The molecule has 1 aliphatic heterocycles. The van der Waals surface area contributed by atoms with E-state index in [-0.39, 0.29) is 5.91 Å². The van der Waals surface area contributed by atoms with Crippen molar-refractivity contribution in [2.75, 3.05) is 24.2 Å². The zero-order valence-corrected chi connectivity index (χ0v) is 11.7. The van der Waals surface area contributed by atoms with Crippen molar-refractivity contribution in [1.29, 1.82) is 0 Å². The second kappa shape index (κ2) is 6.32. The Hall–Kier alpha value is -0.660. The third kappa shape index (κ3) is 3.93. The molecule has 1 aromatic rings. The van der Waals surface area contributed by atoms with E-state index in [1.54, 1.807) is 6.20 Å². The fourth-order valence-electron chi connectivity index (χ4n) is 1.56. The molecule has 0 atom stereocenters. The summed E-state index contributed by atoms with van der Waals surface area (Å²) in [7, 11) is 0. The van der Waals surface area contributed by atoms with Crippen LogP contribution < -0.4 is 5.32 Å². The second-order valence-electron chi connectivity index (χ2n) is 3.63. The van der Waals surface area contributed by atoms with Crippen molar-refractivity contribution in [2.24, 2.45) is 0 Å². The average molecular weight is 287 g/mol. The van der Waals surface area contributed by atoms with E-state index in [0.29, 0.717) is 10.9 Å². The summed E-state index contributed by atoms with van der Waals surface area (Å²) in [5, 5.41) is 5.21. The van der Waals surface area contributed by atoms with Crippen LogP contribution in [0.5, 0.6) is 0 Å². The highest BCUT2D eigenvalue weighted by atomic mass is 32.2. The number of aromatic nitrogens is 1. The van der Waals surface area contributed by atoms with Gasteiger partial charge in [-0.15, -0.1) is 11.3 Å². The van der Waals surface area contributed by atoms with Crippen LogP contribution in [0.15, 0.2) is 11.6 Å². The standard InChI is InChI=1S/C10H13N3OS3/c14-8(12-9-11-3-6-16-9)7-17-10(15)13-4-1-2-5-13/h3,6H,1-2,4-5,7H2,(H,11,12,14). The zero-order valence-electron chi connectivity index (χ0n) is 9.22. The molecule has 7 heteroatoms. The number of rotatable bonds is 3. The van der Waals surface area contributed by atoms with Crippen LogP contribution in [0.4, 0.5) is 5.13 Å². The molecule has 2 heterocycles. The fraction of sp³-hybridized carbons (Fsp3) is 0.500. The van der Waals surface area contributed by atoms with Gasteiger partial charge in [0.25, 0.3) is 0 Å². The molecule has 0 radical (unpaired) electrons. The highest BCUT2D eigenvalue weighted by Crippen LogP contribution is 2.17. The molecule has 2 rings (SSSR count). The Balaban J connectivity index is 1.70. The minimum atomic E-state index is -0.0495.